The number of fused-ring (bicyclic) bond motifs is 2. The van der Waals surface area contributed by atoms with Crippen molar-refractivity contribution in [3.63, 3.8) is 0 Å². The van der Waals surface area contributed by atoms with Crippen molar-refractivity contribution < 1.29 is 9.90 Å². The van der Waals surface area contributed by atoms with Crippen LogP contribution in [-0.4, -0.2) is 35.5 Å². The molecule has 2 aromatic carbocycles. The zero-order valence-electron chi connectivity index (χ0n) is 19.7. The highest BCUT2D eigenvalue weighted by molar-refractivity contribution is 5.90. The molecular weight excluding hydrogens is 454 g/mol. The van der Waals surface area contributed by atoms with E-state index in [4.69, 9.17) is 25.6 Å². The van der Waals surface area contributed by atoms with Crippen molar-refractivity contribution in [3.8, 4) is 22.6 Å². The number of hydrogen-bond donors (Lipinski definition) is 3. The second-order valence-corrected chi connectivity index (χ2v) is 8.86. The van der Waals surface area contributed by atoms with Gasteiger partial charge >= 0.3 is 6.09 Å². The number of aromatic nitrogens is 5. The van der Waals surface area contributed by atoms with Crippen molar-refractivity contribution in [3.05, 3.63) is 72.9 Å². The first-order chi connectivity index (χ1) is 17.5. The summed E-state index contributed by atoms with van der Waals surface area (Å²) in [5.74, 6) is 2.77. The molecule has 6 rings (SSSR count). The Morgan fingerprint density at radius 1 is 0.972 bits per heavy atom. The fourth-order valence-electron chi connectivity index (χ4n) is 4.83. The highest BCUT2D eigenvalue weighted by Crippen LogP contribution is 2.37. The van der Waals surface area contributed by atoms with Gasteiger partial charge in [-0.15, -0.1) is 0 Å². The van der Waals surface area contributed by atoms with Gasteiger partial charge in [0.15, 0.2) is 5.82 Å². The van der Waals surface area contributed by atoms with Gasteiger partial charge in [-0.2, -0.15) is 0 Å². The molecule has 1 aliphatic carbocycles. The number of primary amides is 1. The first-order valence-electron chi connectivity index (χ1n) is 11.9. The zero-order valence-corrected chi connectivity index (χ0v) is 19.7. The summed E-state index contributed by atoms with van der Waals surface area (Å²) in [5, 5.41) is 8.19. The first kappa shape index (κ1) is 23.2. The highest BCUT2D eigenvalue weighted by Gasteiger charge is 2.24. The Morgan fingerprint density at radius 2 is 1.72 bits per heavy atom. The van der Waals surface area contributed by atoms with E-state index >= 15 is 0 Å². The minimum absolute atomic E-state index is 0.458. The quantitative estimate of drug-likeness (QED) is 0.319. The molecule has 3 heterocycles. The number of amides is 1. The average molecular weight is 482 g/mol. The SMILES string of the molecule is NC(=O)O.Nc1nccn2c(C3CCCCC3)nc(-c3ccc4cnc(-c5ccccc5)nc4c3)c12. The number of nitrogens with zero attached hydrogens (tertiary/aromatic N) is 5. The van der Waals surface area contributed by atoms with Gasteiger partial charge in [0.05, 0.1) is 5.52 Å². The van der Waals surface area contributed by atoms with E-state index in [9.17, 15) is 0 Å². The van der Waals surface area contributed by atoms with Gasteiger partial charge in [0.2, 0.25) is 0 Å². The number of hydrogen-bond acceptors (Lipinski definition) is 6. The van der Waals surface area contributed by atoms with Crippen LogP contribution in [0, 0.1) is 0 Å². The highest BCUT2D eigenvalue weighted by atomic mass is 16.4. The largest absolute Gasteiger partial charge is 0.465 e. The molecule has 0 aliphatic heterocycles. The molecule has 0 bridgehead atoms. The summed E-state index contributed by atoms with van der Waals surface area (Å²) >= 11 is 0. The number of rotatable bonds is 3. The summed E-state index contributed by atoms with van der Waals surface area (Å²) in [6.07, 6.45) is 10.5. The Morgan fingerprint density at radius 3 is 2.47 bits per heavy atom. The Balaban J connectivity index is 0.000000623. The monoisotopic (exact) mass is 481 g/mol. The van der Waals surface area contributed by atoms with Gasteiger partial charge in [-0.25, -0.2) is 24.7 Å². The standard InChI is InChI=1S/C26H24N6.CH3NO2/c27-24-23-22(31-26(32(23)14-13-28-24)18-9-5-2-6-10-18)19-11-12-20-16-29-25(30-21(20)15-19)17-7-3-1-4-8-17;2-1(3)4/h1,3-4,7-8,11-16,18H,2,5-6,9-10H2,(H2,27,28);2H2,(H,3,4). The average Bonchev–Trinajstić information content (AvgIpc) is 3.30. The number of carboxylic acid groups (broad SMARTS) is 1. The van der Waals surface area contributed by atoms with Crippen LogP contribution >= 0.6 is 0 Å². The van der Waals surface area contributed by atoms with Crippen molar-refractivity contribution in [1.29, 1.82) is 0 Å². The summed E-state index contributed by atoms with van der Waals surface area (Å²) in [5.41, 5.74) is 15.0. The van der Waals surface area contributed by atoms with Gasteiger partial charge in [-0.05, 0) is 18.9 Å². The van der Waals surface area contributed by atoms with E-state index in [1.165, 1.54) is 32.1 Å². The summed E-state index contributed by atoms with van der Waals surface area (Å²) in [6, 6.07) is 16.3. The maximum absolute atomic E-state index is 8.78. The van der Waals surface area contributed by atoms with Crippen LogP contribution in [0.5, 0.6) is 0 Å². The van der Waals surface area contributed by atoms with Crippen LogP contribution in [-0.2, 0) is 0 Å². The second kappa shape index (κ2) is 9.99. The van der Waals surface area contributed by atoms with E-state index in [2.05, 4.69) is 38.3 Å². The number of imidazole rings is 1. The molecular formula is C27H27N7O2. The first-order valence-corrected chi connectivity index (χ1v) is 11.9. The normalized spacial score (nSPS) is 13.9. The number of anilines is 1. The van der Waals surface area contributed by atoms with Crippen LogP contribution in [0.1, 0.15) is 43.8 Å². The summed E-state index contributed by atoms with van der Waals surface area (Å²) < 4.78 is 2.15. The minimum atomic E-state index is -1.33. The van der Waals surface area contributed by atoms with Crippen LogP contribution in [0.4, 0.5) is 10.6 Å². The maximum atomic E-state index is 8.78. The lowest BCUT2D eigenvalue weighted by molar-refractivity contribution is 0.205. The molecule has 0 radical (unpaired) electrons. The predicted molar refractivity (Wildman–Crippen MR) is 139 cm³/mol. The Labute approximate surface area is 207 Å². The number of carbonyl (C=O) groups is 1. The van der Waals surface area contributed by atoms with Crippen LogP contribution in [0.2, 0.25) is 0 Å². The smallest absolute Gasteiger partial charge is 0.402 e. The molecule has 1 aliphatic rings. The zero-order chi connectivity index (χ0) is 25.1. The molecule has 0 atom stereocenters. The maximum Gasteiger partial charge on any atom is 0.402 e. The third kappa shape index (κ3) is 4.68. The van der Waals surface area contributed by atoms with Crippen molar-refractivity contribution in [2.45, 2.75) is 38.0 Å². The van der Waals surface area contributed by atoms with E-state index < -0.39 is 6.09 Å². The lowest BCUT2D eigenvalue weighted by Crippen LogP contribution is -2.09. The van der Waals surface area contributed by atoms with Crippen LogP contribution in [0.3, 0.4) is 0 Å². The Bertz CT molecular complexity index is 1520. The molecule has 0 unspecified atom stereocenters. The lowest BCUT2D eigenvalue weighted by atomic mass is 9.89. The summed E-state index contributed by atoms with van der Waals surface area (Å²) in [6.45, 7) is 0. The molecule has 0 saturated heterocycles. The van der Waals surface area contributed by atoms with E-state index in [1.54, 1.807) is 6.20 Å². The molecule has 36 heavy (non-hydrogen) atoms. The molecule has 1 amide bonds. The van der Waals surface area contributed by atoms with Gasteiger partial charge in [0, 0.05) is 41.0 Å². The topological polar surface area (TPSA) is 145 Å². The molecule has 9 heteroatoms. The summed E-state index contributed by atoms with van der Waals surface area (Å²) in [4.78, 5) is 27.7. The Kier molecular flexibility index (Phi) is 6.44. The van der Waals surface area contributed by atoms with Gasteiger partial charge in [-0.3, -0.25) is 4.40 Å². The van der Waals surface area contributed by atoms with Crippen molar-refractivity contribution in [2.75, 3.05) is 5.73 Å². The van der Waals surface area contributed by atoms with Crippen molar-refractivity contribution in [1.82, 2.24) is 24.3 Å². The van der Waals surface area contributed by atoms with Crippen LogP contribution < -0.4 is 11.5 Å². The van der Waals surface area contributed by atoms with Gasteiger partial charge in [0.1, 0.15) is 22.9 Å². The minimum Gasteiger partial charge on any atom is -0.465 e. The molecule has 1 fully saturated rings. The fourth-order valence-corrected chi connectivity index (χ4v) is 4.83. The van der Waals surface area contributed by atoms with E-state index in [-0.39, 0.29) is 0 Å². The molecule has 182 valence electrons. The predicted octanol–water partition coefficient (Wildman–Crippen LogP) is 5.26. The molecule has 0 spiro atoms. The fraction of sp³-hybridized carbons (Fsp3) is 0.222. The van der Waals surface area contributed by atoms with Crippen LogP contribution in [0.25, 0.3) is 39.1 Å². The van der Waals surface area contributed by atoms with Crippen LogP contribution in [0.15, 0.2) is 67.1 Å². The van der Waals surface area contributed by atoms with Gasteiger partial charge < -0.3 is 16.6 Å². The third-order valence-corrected chi connectivity index (χ3v) is 6.47. The summed E-state index contributed by atoms with van der Waals surface area (Å²) in [7, 11) is 0. The molecule has 9 nitrogen and oxygen atoms in total. The molecule has 5 N–H and O–H groups in total. The second-order valence-electron chi connectivity index (χ2n) is 8.86. The third-order valence-electron chi connectivity index (χ3n) is 6.47. The number of nitrogen functional groups attached to an aromatic ring is 1. The van der Waals surface area contributed by atoms with E-state index in [1.807, 2.05) is 42.7 Å². The van der Waals surface area contributed by atoms with Crippen molar-refractivity contribution in [2.24, 2.45) is 5.73 Å². The lowest BCUT2D eigenvalue weighted by Gasteiger charge is -2.20. The van der Waals surface area contributed by atoms with E-state index in [0.717, 1.165) is 39.1 Å². The Hall–Kier alpha value is -4.53. The molecule has 3 aromatic heterocycles. The van der Waals surface area contributed by atoms with Crippen molar-refractivity contribution >= 4 is 28.3 Å². The van der Waals surface area contributed by atoms with Gasteiger partial charge in [-0.1, -0.05) is 61.7 Å². The molecule has 1 saturated carbocycles. The van der Waals surface area contributed by atoms with Gasteiger partial charge in [0.25, 0.3) is 0 Å². The van der Waals surface area contributed by atoms with E-state index in [0.29, 0.717) is 17.6 Å². The number of nitrogens with two attached hydrogens (primary N) is 2. The molecule has 5 aromatic rings. The number of benzene rings is 2.